The Morgan fingerprint density at radius 1 is 1.10 bits per heavy atom. The first kappa shape index (κ1) is 18.7. The zero-order chi connectivity index (χ0) is 15.4. The van der Waals surface area contributed by atoms with Gasteiger partial charge in [-0.25, -0.2) is 4.79 Å². The van der Waals surface area contributed by atoms with E-state index in [0.29, 0.717) is 18.9 Å². The van der Waals surface area contributed by atoms with Crippen LogP contribution in [0.15, 0.2) is 0 Å². The molecule has 0 saturated carbocycles. The molecule has 20 heavy (non-hydrogen) atoms. The van der Waals surface area contributed by atoms with Gasteiger partial charge in [-0.3, -0.25) is 4.79 Å². The fourth-order valence-corrected chi connectivity index (χ4v) is 2.23. The van der Waals surface area contributed by atoms with E-state index in [4.69, 9.17) is 5.11 Å². The van der Waals surface area contributed by atoms with E-state index in [0.717, 1.165) is 38.8 Å². The van der Waals surface area contributed by atoms with Crippen LogP contribution in [0.1, 0.15) is 59.3 Å². The third kappa shape index (κ3) is 8.77. The first-order valence-electron chi connectivity index (χ1n) is 7.79. The molecule has 0 fully saturated rings. The third-order valence-corrected chi connectivity index (χ3v) is 3.45. The molecule has 2 N–H and O–H groups in total. The predicted octanol–water partition coefficient (Wildman–Crippen LogP) is 3.10. The van der Waals surface area contributed by atoms with Gasteiger partial charge in [0.2, 0.25) is 0 Å². The maximum atomic E-state index is 12.0. The van der Waals surface area contributed by atoms with E-state index in [-0.39, 0.29) is 12.5 Å². The Hall–Kier alpha value is -1.26. The molecule has 1 unspecified atom stereocenters. The van der Waals surface area contributed by atoms with Gasteiger partial charge in [-0.1, -0.05) is 27.2 Å². The summed E-state index contributed by atoms with van der Waals surface area (Å²) in [6.07, 6.45) is 4.63. The highest BCUT2D eigenvalue weighted by Crippen LogP contribution is 2.14. The normalized spacial score (nSPS) is 11.9. The first-order chi connectivity index (χ1) is 9.54. The lowest BCUT2D eigenvalue weighted by molar-refractivity contribution is -0.137. The van der Waals surface area contributed by atoms with Crippen LogP contribution in [0.25, 0.3) is 0 Å². The molecular formula is C15H30N2O3. The summed E-state index contributed by atoms with van der Waals surface area (Å²) in [5.41, 5.74) is 0. The molecule has 0 spiro atoms. The lowest BCUT2D eigenvalue weighted by atomic mass is 9.97. The second-order valence-corrected chi connectivity index (χ2v) is 5.21. The predicted molar refractivity (Wildman–Crippen MR) is 80.8 cm³/mol. The van der Waals surface area contributed by atoms with Crippen LogP contribution in [0, 0.1) is 5.92 Å². The highest BCUT2D eigenvalue weighted by Gasteiger charge is 2.13. The molecule has 0 aromatic rings. The fourth-order valence-electron chi connectivity index (χ4n) is 2.23. The Balaban J connectivity index is 3.99. The average molecular weight is 286 g/mol. The van der Waals surface area contributed by atoms with E-state index >= 15 is 0 Å². The Kier molecular flexibility index (Phi) is 10.8. The summed E-state index contributed by atoms with van der Waals surface area (Å²) in [6.45, 7) is 8.39. The number of hydrogen-bond acceptors (Lipinski definition) is 2. The summed E-state index contributed by atoms with van der Waals surface area (Å²) in [4.78, 5) is 24.4. The van der Waals surface area contributed by atoms with Crippen LogP contribution < -0.4 is 5.32 Å². The van der Waals surface area contributed by atoms with E-state index in [2.05, 4.69) is 26.1 Å². The molecule has 0 radical (unpaired) electrons. The second kappa shape index (κ2) is 11.6. The zero-order valence-corrected chi connectivity index (χ0v) is 13.2. The van der Waals surface area contributed by atoms with Crippen molar-refractivity contribution < 1.29 is 14.7 Å². The number of urea groups is 1. The van der Waals surface area contributed by atoms with Crippen LogP contribution >= 0.6 is 0 Å². The number of amides is 2. The molecule has 0 heterocycles. The number of carboxylic acid groups (broad SMARTS) is 1. The molecule has 0 aliphatic rings. The molecule has 1 atom stereocenters. The van der Waals surface area contributed by atoms with Crippen LogP contribution in [0.5, 0.6) is 0 Å². The lowest BCUT2D eigenvalue weighted by Gasteiger charge is -2.22. The van der Waals surface area contributed by atoms with Crippen molar-refractivity contribution >= 4 is 12.0 Å². The van der Waals surface area contributed by atoms with E-state index in [1.807, 2.05) is 4.90 Å². The molecule has 118 valence electrons. The number of aliphatic carboxylic acids is 1. The Labute approximate surface area is 122 Å². The summed E-state index contributed by atoms with van der Waals surface area (Å²) >= 11 is 0. The van der Waals surface area contributed by atoms with Gasteiger partial charge in [-0.2, -0.15) is 0 Å². The first-order valence-corrected chi connectivity index (χ1v) is 7.79. The van der Waals surface area contributed by atoms with Gasteiger partial charge in [-0.15, -0.1) is 0 Å². The highest BCUT2D eigenvalue weighted by molar-refractivity contribution is 5.74. The molecule has 0 saturated heterocycles. The Morgan fingerprint density at radius 2 is 1.70 bits per heavy atom. The van der Waals surface area contributed by atoms with Crippen molar-refractivity contribution in [3.05, 3.63) is 0 Å². The second-order valence-electron chi connectivity index (χ2n) is 5.21. The average Bonchev–Trinajstić information content (AvgIpc) is 2.41. The van der Waals surface area contributed by atoms with E-state index in [9.17, 15) is 9.59 Å². The SMILES string of the molecule is CCCN(CCC)C(=O)NCCC(CC)CCC(=O)O. The van der Waals surface area contributed by atoms with E-state index in [1.165, 1.54) is 0 Å². The maximum absolute atomic E-state index is 12.0. The number of carbonyl (C=O) groups is 2. The number of hydrogen-bond donors (Lipinski definition) is 2. The van der Waals surface area contributed by atoms with Gasteiger partial charge >= 0.3 is 12.0 Å². The molecule has 0 aromatic carbocycles. The minimum Gasteiger partial charge on any atom is -0.481 e. The maximum Gasteiger partial charge on any atom is 0.317 e. The van der Waals surface area contributed by atoms with E-state index in [1.54, 1.807) is 0 Å². The Morgan fingerprint density at radius 3 is 2.15 bits per heavy atom. The van der Waals surface area contributed by atoms with Gasteiger partial charge in [0.05, 0.1) is 0 Å². The van der Waals surface area contributed by atoms with Crippen molar-refractivity contribution in [2.75, 3.05) is 19.6 Å². The summed E-state index contributed by atoms with van der Waals surface area (Å²) in [5, 5.41) is 11.6. The summed E-state index contributed by atoms with van der Waals surface area (Å²) < 4.78 is 0. The number of carboxylic acids is 1. The van der Waals surface area contributed by atoms with Crippen LogP contribution in [0.4, 0.5) is 4.79 Å². The van der Waals surface area contributed by atoms with Crippen molar-refractivity contribution in [2.45, 2.75) is 59.3 Å². The molecule has 0 bridgehead atoms. The molecule has 0 aromatic heterocycles. The van der Waals surface area contributed by atoms with Gasteiger partial charge in [0, 0.05) is 26.1 Å². The molecular weight excluding hydrogens is 256 g/mol. The van der Waals surface area contributed by atoms with Crippen molar-refractivity contribution in [3.8, 4) is 0 Å². The van der Waals surface area contributed by atoms with Gasteiger partial charge in [-0.05, 0) is 31.6 Å². The smallest absolute Gasteiger partial charge is 0.317 e. The van der Waals surface area contributed by atoms with Crippen LogP contribution in [-0.4, -0.2) is 41.6 Å². The van der Waals surface area contributed by atoms with Gasteiger partial charge < -0.3 is 15.3 Å². The summed E-state index contributed by atoms with van der Waals surface area (Å²) in [7, 11) is 0. The van der Waals surface area contributed by atoms with Gasteiger partial charge in [0.15, 0.2) is 0 Å². The zero-order valence-electron chi connectivity index (χ0n) is 13.2. The van der Waals surface area contributed by atoms with Gasteiger partial charge in [0.1, 0.15) is 0 Å². The number of rotatable bonds is 11. The Bertz CT molecular complexity index is 276. The van der Waals surface area contributed by atoms with Gasteiger partial charge in [0.25, 0.3) is 0 Å². The van der Waals surface area contributed by atoms with Crippen LogP contribution in [0.2, 0.25) is 0 Å². The largest absolute Gasteiger partial charge is 0.481 e. The monoisotopic (exact) mass is 286 g/mol. The number of carbonyl (C=O) groups excluding carboxylic acids is 1. The minimum absolute atomic E-state index is 0.00166. The fraction of sp³-hybridized carbons (Fsp3) is 0.867. The molecule has 0 rings (SSSR count). The molecule has 5 heteroatoms. The highest BCUT2D eigenvalue weighted by atomic mass is 16.4. The van der Waals surface area contributed by atoms with Crippen molar-refractivity contribution in [2.24, 2.45) is 5.92 Å². The standard InChI is InChI=1S/C15H30N2O3/c1-4-11-17(12-5-2)15(20)16-10-9-13(6-3)7-8-14(18)19/h13H,4-12H2,1-3H3,(H,16,20)(H,18,19). The molecule has 0 aliphatic heterocycles. The third-order valence-electron chi connectivity index (χ3n) is 3.45. The van der Waals surface area contributed by atoms with E-state index < -0.39 is 5.97 Å². The van der Waals surface area contributed by atoms with Crippen molar-refractivity contribution in [3.63, 3.8) is 0 Å². The summed E-state index contributed by atoms with van der Waals surface area (Å²) in [6, 6.07) is 0.00166. The molecule has 5 nitrogen and oxygen atoms in total. The number of nitrogens with one attached hydrogen (secondary N) is 1. The molecule has 0 aliphatic carbocycles. The topological polar surface area (TPSA) is 69.6 Å². The van der Waals surface area contributed by atoms with Crippen molar-refractivity contribution in [1.82, 2.24) is 10.2 Å². The minimum atomic E-state index is -0.746. The number of nitrogens with zero attached hydrogens (tertiary/aromatic N) is 1. The van der Waals surface area contributed by atoms with Crippen LogP contribution in [-0.2, 0) is 4.79 Å². The quantitative estimate of drug-likeness (QED) is 0.613. The van der Waals surface area contributed by atoms with Crippen molar-refractivity contribution in [1.29, 1.82) is 0 Å². The molecule has 2 amide bonds. The van der Waals surface area contributed by atoms with Crippen LogP contribution in [0.3, 0.4) is 0 Å². The summed E-state index contributed by atoms with van der Waals surface area (Å²) in [5.74, 6) is -0.373. The lowest BCUT2D eigenvalue weighted by Crippen LogP contribution is -2.41.